The summed E-state index contributed by atoms with van der Waals surface area (Å²) in [7, 11) is -3.89. The van der Waals surface area contributed by atoms with Gasteiger partial charge in [-0.3, -0.25) is 9.98 Å². The molecule has 0 saturated carbocycles. The molecule has 3 rings (SSSR count). The van der Waals surface area contributed by atoms with Crippen LogP contribution in [0.15, 0.2) is 52.5 Å². The number of aromatic nitrogens is 1. The number of nitrogens with two attached hydrogens (primary N) is 1. The van der Waals surface area contributed by atoms with E-state index in [2.05, 4.69) is 9.98 Å². The first-order valence-electron chi connectivity index (χ1n) is 7.53. The van der Waals surface area contributed by atoms with E-state index in [1.54, 1.807) is 19.1 Å². The molecular weight excluding hydrogens is 369 g/mol. The minimum Gasteiger partial charge on any atom is -0.324 e. The van der Waals surface area contributed by atoms with Crippen LogP contribution in [-0.4, -0.2) is 38.0 Å². The fraction of sp³-hybridized carbons (Fsp3) is 0.250. The molecule has 2 N–H and O–H groups in total. The first-order chi connectivity index (χ1) is 12.1. The fourth-order valence-electron chi connectivity index (χ4n) is 2.57. The first kappa shape index (κ1) is 18.3. The highest BCUT2D eigenvalue weighted by Gasteiger charge is 2.45. The maximum Gasteiger partial charge on any atom is 0.412 e. The number of halogens is 3. The summed E-state index contributed by atoms with van der Waals surface area (Å²) >= 11 is 0. The molecule has 2 aromatic rings. The summed E-state index contributed by atoms with van der Waals surface area (Å²) in [6.45, 7) is 1.37. The van der Waals surface area contributed by atoms with Gasteiger partial charge in [0.15, 0.2) is 6.04 Å². The number of hydrogen-bond acceptors (Lipinski definition) is 5. The molecule has 10 heteroatoms. The standard InChI is InChI=1S/C16H15F3N4O2S/c1-10-2-3-11(8-21-10)15-22-14(16(17,18)19)9-23(15)12-4-6-13(7-5-12)26(20,24)25/h2-8,14H,9H2,1H3,(H2,20,24,25). The molecule has 1 atom stereocenters. The van der Waals surface area contributed by atoms with E-state index in [0.717, 1.165) is 5.69 Å². The Morgan fingerprint density at radius 1 is 1.15 bits per heavy atom. The van der Waals surface area contributed by atoms with Gasteiger partial charge in [-0.2, -0.15) is 13.2 Å². The first-order valence-corrected chi connectivity index (χ1v) is 9.08. The summed E-state index contributed by atoms with van der Waals surface area (Å²) in [5, 5.41) is 5.05. The second kappa shape index (κ2) is 6.36. The lowest BCUT2D eigenvalue weighted by molar-refractivity contribution is -0.142. The van der Waals surface area contributed by atoms with Crippen LogP contribution in [0.2, 0.25) is 0 Å². The van der Waals surface area contributed by atoms with Gasteiger partial charge in [-0.25, -0.2) is 13.6 Å². The number of nitrogens with zero attached hydrogens (tertiary/aromatic N) is 3. The van der Waals surface area contributed by atoms with Gasteiger partial charge in [-0.1, -0.05) is 0 Å². The Morgan fingerprint density at radius 3 is 2.31 bits per heavy atom. The van der Waals surface area contributed by atoms with Crippen LogP contribution in [0.3, 0.4) is 0 Å². The Labute approximate surface area is 148 Å². The zero-order valence-corrected chi connectivity index (χ0v) is 14.4. The largest absolute Gasteiger partial charge is 0.412 e. The van der Waals surface area contributed by atoms with Crippen LogP contribution < -0.4 is 10.0 Å². The summed E-state index contributed by atoms with van der Waals surface area (Å²) in [5.74, 6) is 0.128. The van der Waals surface area contributed by atoms with Gasteiger partial charge in [0.2, 0.25) is 10.0 Å². The summed E-state index contributed by atoms with van der Waals surface area (Å²) < 4.78 is 62.2. The normalized spacial score (nSPS) is 18.1. The number of alkyl halides is 3. The van der Waals surface area contributed by atoms with Crippen molar-refractivity contribution in [1.82, 2.24) is 4.98 Å². The molecule has 2 heterocycles. The Bertz CT molecular complexity index is 939. The number of sulfonamides is 1. The summed E-state index contributed by atoms with van der Waals surface area (Å²) in [6.07, 6.45) is -3.03. The van der Waals surface area contributed by atoms with Crippen molar-refractivity contribution in [2.24, 2.45) is 10.1 Å². The van der Waals surface area contributed by atoms with Crippen molar-refractivity contribution in [3.05, 3.63) is 53.9 Å². The topological polar surface area (TPSA) is 88.6 Å². The number of primary sulfonamides is 1. The molecule has 0 fully saturated rings. The average molecular weight is 384 g/mol. The molecule has 6 nitrogen and oxygen atoms in total. The third kappa shape index (κ3) is 3.70. The number of hydrogen-bond donors (Lipinski definition) is 1. The smallest absolute Gasteiger partial charge is 0.324 e. The number of aryl methyl sites for hydroxylation is 1. The highest BCUT2D eigenvalue weighted by Crippen LogP contribution is 2.32. The number of aliphatic imine (C=N–C) groups is 1. The number of anilines is 1. The minimum absolute atomic E-state index is 0.122. The van der Waals surface area contributed by atoms with Gasteiger partial charge in [0.25, 0.3) is 0 Å². The third-order valence-corrected chi connectivity index (χ3v) is 4.84. The van der Waals surface area contributed by atoms with Crippen molar-refractivity contribution in [1.29, 1.82) is 0 Å². The summed E-state index contributed by atoms with van der Waals surface area (Å²) in [4.78, 5) is 9.19. The zero-order valence-electron chi connectivity index (χ0n) is 13.6. The molecule has 1 aliphatic rings. The molecular formula is C16H15F3N4O2S. The highest BCUT2D eigenvalue weighted by atomic mass is 32.2. The van der Waals surface area contributed by atoms with Gasteiger partial charge in [0.05, 0.1) is 11.4 Å². The third-order valence-electron chi connectivity index (χ3n) is 3.91. The molecule has 0 radical (unpaired) electrons. The Kier molecular flexibility index (Phi) is 4.49. The molecule has 26 heavy (non-hydrogen) atoms. The van der Waals surface area contributed by atoms with E-state index in [4.69, 9.17) is 5.14 Å². The molecule has 1 aromatic carbocycles. The molecule has 0 aliphatic carbocycles. The second-order valence-corrected chi connectivity index (χ2v) is 7.41. The Hall–Kier alpha value is -2.46. The van der Waals surface area contributed by atoms with Crippen LogP contribution in [0, 0.1) is 6.92 Å². The second-order valence-electron chi connectivity index (χ2n) is 5.85. The van der Waals surface area contributed by atoms with E-state index in [0.29, 0.717) is 11.3 Å². The van der Waals surface area contributed by atoms with Gasteiger partial charge < -0.3 is 4.90 Å². The van der Waals surface area contributed by atoms with Crippen molar-refractivity contribution >= 4 is 21.5 Å². The number of rotatable bonds is 3. The van der Waals surface area contributed by atoms with E-state index in [1.807, 2.05) is 0 Å². The summed E-state index contributed by atoms with van der Waals surface area (Å²) in [6, 6.07) is 6.74. The van der Waals surface area contributed by atoms with Gasteiger partial charge in [0, 0.05) is 23.1 Å². The van der Waals surface area contributed by atoms with Crippen LogP contribution in [0.1, 0.15) is 11.3 Å². The lowest BCUT2D eigenvalue weighted by atomic mass is 10.2. The van der Waals surface area contributed by atoms with E-state index < -0.39 is 28.8 Å². The van der Waals surface area contributed by atoms with E-state index in [9.17, 15) is 21.6 Å². The van der Waals surface area contributed by atoms with E-state index >= 15 is 0 Å². The van der Waals surface area contributed by atoms with Crippen molar-refractivity contribution in [3.63, 3.8) is 0 Å². The highest BCUT2D eigenvalue weighted by molar-refractivity contribution is 7.89. The lowest BCUT2D eigenvalue weighted by Gasteiger charge is -2.22. The maximum atomic E-state index is 13.2. The molecule has 0 saturated heterocycles. The van der Waals surface area contributed by atoms with E-state index in [1.165, 1.54) is 35.4 Å². The van der Waals surface area contributed by atoms with Crippen LogP contribution in [-0.2, 0) is 10.0 Å². The lowest BCUT2D eigenvalue weighted by Crippen LogP contribution is -2.35. The van der Waals surface area contributed by atoms with Crippen molar-refractivity contribution in [2.45, 2.75) is 24.0 Å². The molecule has 1 aromatic heterocycles. The predicted molar refractivity (Wildman–Crippen MR) is 90.5 cm³/mol. The number of amidine groups is 1. The van der Waals surface area contributed by atoms with Gasteiger partial charge in [-0.15, -0.1) is 0 Å². The van der Waals surface area contributed by atoms with Gasteiger partial charge in [-0.05, 0) is 43.3 Å². The van der Waals surface area contributed by atoms with Crippen LogP contribution in [0.5, 0.6) is 0 Å². The number of pyridine rings is 1. The van der Waals surface area contributed by atoms with Gasteiger partial charge in [0.1, 0.15) is 5.84 Å². The van der Waals surface area contributed by atoms with Crippen LogP contribution >= 0.6 is 0 Å². The van der Waals surface area contributed by atoms with Crippen molar-refractivity contribution in [2.75, 3.05) is 11.4 Å². The monoisotopic (exact) mass is 384 g/mol. The summed E-state index contributed by atoms with van der Waals surface area (Å²) in [5.41, 5.74) is 1.55. The Balaban J connectivity index is 2.01. The maximum absolute atomic E-state index is 13.2. The van der Waals surface area contributed by atoms with Gasteiger partial charge >= 0.3 is 6.18 Å². The quantitative estimate of drug-likeness (QED) is 0.879. The molecule has 0 amide bonds. The van der Waals surface area contributed by atoms with Crippen LogP contribution in [0.25, 0.3) is 0 Å². The molecule has 1 unspecified atom stereocenters. The molecule has 138 valence electrons. The SMILES string of the molecule is Cc1ccc(C2=NC(C(F)(F)F)CN2c2ccc(S(N)(=O)=O)cc2)cn1. The minimum atomic E-state index is -4.49. The van der Waals surface area contributed by atoms with Crippen molar-refractivity contribution < 1.29 is 21.6 Å². The predicted octanol–water partition coefficient (Wildman–Crippen LogP) is 2.24. The Morgan fingerprint density at radius 2 is 1.81 bits per heavy atom. The average Bonchev–Trinajstić information content (AvgIpc) is 3.00. The van der Waals surface area contributed by atoms with Crippen molar-refractivity contribution in [3.8, 4) is 0 Å². The van der Waals surface area contributed by atoms with Crippen LogP contribution in [0.4, 0.5) is 18.9 Å². The molecule has 0 spiro atoms. The fourth-order valence-corrected chi connectivity index (χ4v) is 3.08. The number of benzene rings is 1. The molecule has 1 aliphatic heterocycles. The zero-order chi connectivity index (χ0) is 19.1. The van der Waals surface area contributed by atoms with E-state index in [-0.39, 0.29) is 10.7 Å². The molecule has 0 bridgehead atoms.